The zero-order valence-electron chi connectivity index (χ0n) is 30.0. The van der Waals surface area contributed by atoms with Crippen molar-refractivity contribution in [1.82, 2.24) is 0 Å². The molecule has 4 aromatic carbocycles. The molecule has 236 valence electrons. The minimum absolute atomic E-state index is 0.0501. The van der Waals surface area contributed by atoms with Gasteiger partial charge in [0.1, 0.15) is 0 Å². The summed E-state index contributed by atoms with van der Waals surface area (Å²) < 4.78 is 5.09. The zero-order valence-corrected chi connectivity index (χ0v) is 33.5. The quantitative estimate of drug-likeness (QED) is 0.160. The summed E-state index contributed by atoms with van der Waals surface area (Å²) in [7, 11) is -1.52. The fourth-order valence-electron chi connectivity index (χ4n) is 7.65. The van der Waals surface area contributed by atoms with E-state index >= 15 is 0 Å². The van der Waals surface area contributed by atoms with Crippen LogP contribution in [0.15, 0.2) is 111 Å². The van der Waals surface area contributed by atoms with Crippen molar-refractivity contribution in [1.29, 1.82) is 0 Å². The van der Waals surface area contributed by atoms with Crippen molar-refractivity contribution in [2.45, 2.75) is 92.3 Å². The monoisotopic (exact) mass is 698 g/mol. The molecule has 0 spiro atoms. The molecule has 1 atom stereocenters. The van der Waals surface area contributed by atoms with Crippen LogP contribution in [0.25, 0.3) is 11.1 Å². The third-order valence-electron chi connectivity index (χ3n) is 10.2. The molecule has 0 fully saturated rings. The average Bonchev–Trinajstić information content (AvgIpc) is 3.51. The second-order valence-corrected chi connectivity index (χ2v) is 27.5. The fraction of sp³-hybridized carbons (Fsp3) is 0.341. The Labute approximate surface area is 287 Å². The van der Waals surface area contributed by atoms with Gasteiger partial charge in [-0.2, -0.15) is 0 Å². The van der Waals surface area contributed by atoms with Gasteiger partial charge < -0.3 is 0 Å². The molecule has 0 amide bonds. The molecule has 2 heteroatoms. The van der Waals surface area contributed by atoms with Crippen LogP contribution in [0.5, 0.6) is 0 Å². The van der Waals surface area contributed by atoms with Crippen molar-refractivity contribution in [3.63, 3.8) is 0 Å². The van der Waals surface area contributed by atoms with Crippen molar-refractivity contribution in [3.8, 4) is 11.1 Å². The van der Waals surface area contributed by atoms with E-state index in [0.29, 0.717) is 5.92 Å². The van der Waals surface area contributed by atoms with Crippen LogP contribution >= 0.6 is 0 Å². The molecular formula is C44H52SiZr. The number of hydrogen-bond donors (Lipinski definition) is 0. The molecule has 0 aliphatic heterocycles. The van der Waals surface area contributed by atoms with E-state index in [2.05, 4.69) is 172 Å². The van der Waals surface area contributed by atoms with E-state index in [1.807, 2.05) is 0 Å². The molecule has 1 unspecified atom stereocenters. The van der Waals surface area contributed by atoms with Gasteiger partial charge in [0, 0.05) is 0 Å². The van der Waals surface area contributed by atoms with Crippen LogP contribution in [-0.4, -0.2) is 11.3 Å². The molecule has 2 aliphatic rings. The third-order valence-corrected chi connectivity index (χ3v) is 20.7. The van der Waals surface area contributed by atoms with Gasteiger partial charge in [-0.3, -0.25) is 0 Å². The fourth-order valence-corrected chi connectivity index (χ4v) is 18.8. The van der Waals surface area contributed by atoms with E-state index in [1.165, 1.54) is 38.9 Å². The van der Waals surface area contributed by atoms with Crippen LogP contribution in [0.4, 0.5) is 0 Å². The first-order chi connectivity index (χ1) is 21.6. The summed E-state index contributed by atoms with van der Waals surface area (Å²) in [5, 5.41) is 1.68. The van der Waals surface area contributed by atoms with Gasteiger partial charge in [0.05, 0.1) is 0 Å². The molecule has 0 radical (unpaired) electrons. The molecule has 46 heavy (non-hydrogen) atoms. The Bertz CT molecular complexity index is 1860. The number of benzene rings is 4. The third kappa shape index (κ3) is 6.18. The maximum atomic E-state index is 2.69. The van der Waals surface area contributed by atoms with Crippen molar-refractivity contribution in [3.05, 3.63) is 145 Å². The Hall–Kier alpha value is -2.67. The zero-order chi connectivity index (χ0) is 33.2. The summed E-state index contributed by atoms with van der Waals surface area (Å²) in [6, 6.07) is 35.4. The molecule has 4 aromatic rings. The molecule has 2 aliphatic carbocycles. The van der Waals surface area contributed by atoms with Crippen LogP contribution < -0.4 is 3.27 Å². The summed E-state index contributed by atoms with van der Waals surface area (Å²) in [6.07, 6.45) is 3.70. The van der Waals surface area contributed by atoms with Crippen LogP contribution in [-0.2, 0) is 38.5 Å². The van der Waals surface area contributed by atoms with Gasteiger partial charge in [0.15, 0.2) is 0 Å². The molecule has 0 nitrogen and oxygen atoms in total. The molecule has 0 N–H and O–H groups in total. The van der Waals surface area contributed by atoms with Gasteiger partial charge in [-0.15, -0.1) is 0 Å². The number of hydrogen-bond acceptors (Lipinski definition) is 0. The average molecular weight is 700 g/mol. The van der Waals surface area contributed by atoms with Gasteiger partial charge >= 0.3 is 290 Å². The SMILES string of the molecule is CC1=[C]([Zr](=[C](c2ccccc2)c2ccccc2)[c]2cc(C(C)(C)C)cc3c2Cc2ccc(C(C)(C)C)cc2-3)C(C)C=C1[Si](C)(C)C. The van der Waals surface area contributed by atoms with Crippen molar-refractivity contribution in [2.75, 3.05) is 0 Å². The minimum atomic E-state index is -2.88. The Balaban J connectivity index is 1.78. The molecule has 6 rings (SSSR count). The van der Waals surface area contributed by atoms with Gasteiger partial charge in [0.2, 0.25) is 0 Å². The molecule has 0 saturated heterocycles. The van der Waals surface area contributed by atoms with E-state index < -0.39 is 29.3 Å². The molecule has 0 saturated carbocycles. The Morgan fingerprint density at radius 2 is 1.24 bits per heavy atom. The number of rotatable bonds is 5. The summed E-state index contributed by atoms with van der Waals surface area (Å²) >= 11 is -2.88. The first-order valence-electron chi connectivity index (χ1n) is 17.2. The van der Waals surface area contributed by atoms with E-state index in [-0.39, 0.29) is 10.8 Å². The van der Waals surface area contributed by atoms with Crippen molar-refractivity contribution < 1.29 is 21.3 Å². The molecule has 0 bridgehead atoms. The van der Waals surface area contributed by atoms with Crippen LogP contribution in [0.1, 0.15) is 88.8 Å². The second-order valence-electron chi connectivity index (χ2n) is 16.7. The maximum absolute atomic E-state index is 2.88. The summed E-state index contributed by atoms with van der Waals surface area (Å²) in [5.74, 6) is 0.462. The normalized spacial score (nSPS) is 16.3. The first kappa shape index (κ1) is 33.2. The van der Waals surface area contributed by atoms with Gasteiger partial charge in [-0.25, -0.2) is 0 Å². The number of fused-ring (bicyclic) bond motifs is 3. The van der Waals surface area contributed by atoms with E-state index in [0.717, 1.165) is 6.42 Å². The predicted molar refractivity (Wildman–Crippen MR) is 201 cm³/mol. The topological polar surface area (TPSA) is 0 Å². The van der Waals surface area contributed by atoms with Crippen LogP contribution in [0.3, 0.4) is 0 Å². The predicted octanol–water partition coefficient (Wildman–Crippen LogP) is 11.1. The second kappa shape index (κ2) is 12.1. The van der Waals surface area contributed by atoms with E-state index in [1.54, 1.807) is 26.1 Å². The Morgan fingerprint density at radius 3 is 1.74 bits per heavy atom. The van der Waals surface area contributed by atoms with Crippen LogP contribution in [0, 0.1) is 5.92 Å². The molecule has 0 heterocycles. The Morgan fingerprint density at radius 1 is 0.696 bits per heavy atom. The van der Waals surface area contributed by atoms with Gasteiger partial charge in [0.25, 0.3) is 0 Å². The summed E-state index contributed by atoms with van der Waals surface area (Å²) in [6.45, 7) is 26.8. The molecule has 0 aromatic heterocycles. The summed E-state index contributed by atoms with van der Waals surface area (Å²) in [4.78, 5) is 0. The van der Waals surface area contributed by atoms with Crippen molar-refractivity contribution in [2.24, 2.45) is 5.92 Å². The molecular weight excluding hydrogens is 648 g/mol. The van der Waals surface area contributed by atoms with E-state index in [4.69, 9.17) is 0 Å². The van der Waals surface area contributed by atoms with Crippen molar-refractivity contribution >= 4 is 14.6 Å². The number of allylic oxidation sites excluding steroid dienone is 4. The van der Waals surface area contributed by atoms with Gasteiger partial charge in [-0.05, 0) is 0 Å². The van der Waals surface area contributed by atoms with E-state index in [9.17, 15) is 0 Å². The van der Waals surface area contributed by atoms with Gasteiger partial charge in [-0.1, -0.05) is 0 Å². The standard InChI is InChI=1S/C21H25.C13H10.C10H17Si.Zr/c1-20(2,3)16-9-7-14-11-15-8-10-17(21(4,5)6)13-19(15)18(14)12-16;1-3-7-12(8-4-1)11-13-9-5-2-6-10-13;1-8-6-9(2)10(7-8)11(3,4)5;/h7,9-10,12-13H,11H2,1-6H3;1-10H;7-8H,1-5H3;. The first-order valence-corrected chi connectivity index (χ1v) is 24.3. The van der Waals surface area contributed by atoms with Crippen LogP contribution in [0.2, 0.25) is 19.6 Å². The Kier molecular flexibility index (Phi) is 8.74. The summed E-state index contributed by atoms with van der Waals surface area (Å²) in [5.41, 5.74) is 13.5.